The molecule has 0 spiro atoms. The van der Waals surface area contributed by atoms with E-state index < -0.39 is 42.0 Å². The van der Waals surface area contributed by atoms with Gasteiger partial charge in [0.25, 0.3) is 0 Å². The van der Waals surface area contributed by atoms with Crippen LogP contribution in [0.2, 0.25) is 0 Å². The van der Waals surface area contributed by atoms with Crippen LogP contribution in [0, 0.1) is 0 Å². The van der Waals surface area contributed by atoms with E-state index in [2.05, 4.69) is 0 Å². The van der Waals surface area contributed by atoms with Gasteiger partial charge in [0.1, 0.15) is 5.60 Å². The fraction of sp³-hybridized carbons (Fsp3) is 0.769. The van der Waals surface area contributed by atoms with Crippen LogP contribution in [-0.2, 0) is 23.9 Å². The summed E-state index contributed by atoms with van der Waals surface area (Å²) in [5.41, 5.74) is -2.84. The lowest BCUT2D eigenvalue weighted by Gasteiger charge is -2.29. The molecule has 0 fully saturated rings. The maximum absolute atomic E-state index is 11.8. The van der Waals surface area contributed by atoms with Gasteiger partial charge in [0.05, 0.1) is 12.8 Å². The zero-order valence-corrected chi connectivity index (χ0v) is 12.3. The lowest BCUT2D eigenvalue weighted by atomic mass is 9.95. The van der Waals surface area contributed by atoms with Crippen molar-refractivity contribution in [1.29, 1.82) is 0 Å². The van der Waals surface area contributed by atoms with Crippen LogP contribution < -0.4 is 0 Å². The molecule has 2 N–H and O–H groups in total. The quantitative estimate of drug-likeness (QED) is 0.618. The van der Waals surface area contributed by atoms with Crippen molar-refractivity contribution in [3.63, 3.8) is 0 Å². The maximum Gasteiger partial charge on any atom is 0.337 e. The summed E-state index contributed by atoms with van der Waals surface area (Å²) in [5.74, 6) is -3.67. The van der Waals surface area contributed by atoms with E-state index in [0.29, 0.717) is 6.42 Å². The number of hydrogen-bond donors (Lipinski definition) is 2. The molecule has 116 valence electrons. The summed E-state index contributed by atoms with van der Waals surface area (Å²) < 4.78 is 9.97. The first kappa shape index (κ1) is 18.4. The van der Waals surface area contributed by atoms with E-state index in [1.807, 2.05) is 6.92 Å². The summed E-state index contributed by atoms with van der Waals surface area (Å²) in [7, 11) is 1.06. The van der Waals surface area contributed by atoms with Crippen molar-refractivity contribution in [1.82, 2.24) is 0 Å². The number of carboxylic acid groups (broad SMARTS) is 2. The standard InChI is InChI=1S/C13H22O7/c1-5-6-12(2,3)20-10(16)8-13(19-4,11(17)18)7-9(14)15/h5-8H2,1-4H3,(H,14,15)(H,17,18). The molecular formula is C13H22O7. The van der Waals surface area contributed by atoms with Crippen LogP contribution in [-0.4, -0.2) is 46.4 Å². The Balaban J connectivity index is 4.95. The van der Waals surface area contributed by atoms with Crippen molar-refractivity contribution >= 4 is 17.9 Å². The molecule has 0 aliphatic carbocycles. The molecule has 0 saturated carbocycles. The molecule has 0 saturated heterocycles. The first-order chi connectivity index (χ1) is 9.08. The summed E-state index contributed by atoms with van der Waals surface area (Å²) in [6, 6.07) is 0. The number of carbonyl (C=O) groups excluding carboxylic acids is 1. The molecule has 0 aliphatic heterocycles. The van der Waals surface area contributed by atoms with Gasteiger partial charge in [-0.1, -0.05) is 13.3 Å². The van der Waals surface area contributed by atoms with Crippen LogP contribution in [0.5, 0.6) is 0 Å². The summed E-state index contributed by atoms with van der Waals surface area (Å²) in [5, 5.41) is 17.9. The number of ether oxygens (including phenoxy) is 2. The monoisotopic (exact) mass is 290 g/mol. The molecule has 7 nitrogen and oxygen atoms in total. The van der Waals surface area contributed by atoms with Crippen LogP contribution in [0.1, 0.15) is 46.5 Å². The second-order valence-electron chi connectivity index (χ2n) is 5.23. The Morgan fingerprint density at radius 3 is 2.00 bits per heavy atom. The number of esters is 1. The van der Waals surface area contributed by atoms with Gasteiger partial charge in [0, 0.05) is 7.11 Å². The number of methoxy groups -OCH3 is 1. The van der Waals surface area contributed by atoms with E-state index in [-0.39, 0.29) is 0 Å². The van der Waals surface area contributed by atoms with Gasteiger partial charge in [-0.2, -0.15) is 0 Å². The molecule has 0 heterocycles. The largest absolute Gasteiger partial charge is 0.481 e. The molecule has 0 rings (SSSR count). The summed E-state index contributed by atoms with van der Waals surface area (Å²) >= 11 is 0. The van der Waals surface area contributed by atoms with Gasteiger partial charge >= 0.3 is 17.9 Å². The molecule has 1 unspecified atom stereocenters. The Kier molecular flexibility index (Phi) is 6.64. The Morgan fingerprint density at radius 1 is 1.10 bits per heavy atom. The fourth-order valence-corrected chi connectivity index (χ4v) is 1.92. The van der Waals surface area contributed by atoms with Gasteiger partial charge in [0.2, 0.25) is 0 Å². The third-order valence-electron chi connectivity index (χ3n) is 2.89. The highest BCUT2D eigenvalue weighted by Crippen LogP contribution is 2.24. The highest BCUT2D eigenvalue weighted by atomic mass is 16.6. The van der Waals surface area contributed by atoms with Gasteiger partial charge in [0.15, 0.2) is 5.60 Å². The van der Waals surface area contributed by atoms with Gasteiger partial charge in [-0.05, 0) is 20.3 Å². The third-order valence-corrected chi connectivity index (χ3v) is 2.89. The van der Waals surface area contributed by atoms with E-state index in [1.165, 1.54) is 0 Å². The summed E-state index contributed by atoms with van der Waals surface area (Å²) in [6.45, 7) is 5.35. The van der Waals surface area contributed by atoms with Crippen molar-refractivity contribution in [2.45, 2.75) is 57.7 Å². The van der Waals surface area contributed by atoms with Crippen molar-refractivity contribution in [3.05, 3.63) is 0 Å². The third kappa shape index (κ3) is 5.56. The first-order valence-electron chi connectivity index (χ1n) is 6.31. The molecule has 1 atom stereocenters. The number of carbonyl (C=O) groups is 3. The van der Waals surface area contributed by atoms with E-state index in [4.69, 9.17) is 19.7 Å². The average molecular weight is 290 g/mol. The molecule has 0 aromatic carbocycles. The Hall–Kier alpha value is -1.63. The minimum absolute atomic E-state index is 0.616. The molecule has 7 heteroatoms. The van der Waals surface area contributed by atoms with Crippen molar-refractivity contribution in [2.75, 3.05) is 7.11 Å². The highest BCUT2D eigenvalue weighted by molar-refractivity contribution is 5.89. The van der Waals surface area contributed by atoms with Crippen molar-refractivity contribution in [3.8, 4) is 0 Å². The number of hydrogen-bond acceptors (Lipinski definition) is 5. The second-order valence-corrected chi connectivity index (χ2v) is 5.23. The lowest BCUT2D eigenvalue weighted by Crippen LogP contribution is -2.46. The van der Waals surface area contributed by atoms with Crippen LogP contribution in [0.3, 0.4) is 0 Å². The van der Waals surface area contributed by atoms with E-state index >= 15 is 0 Å². The molecule has 0 bridgehead atoms. The molecule has 20 heavy (non-hydrogen) atoms. The summed E-state index contributed by atoms with van der Waals surface area (Å²) in [4.78, 5) is 33.8. The topological polar surface area (TPSA) is 110 Å². The van der Waals surface area contributed by atoms with E-state index in [9.17, 15) is 14.4 Å². The van der Waals surface area contributed by atoms with E-state index in [1.54, 1.807) is 13.8 Å². The number of rotatable bonds is 9. The number of aliphatic carboxylic acids is 2. The average Bonchev–Trinajstić information content (AvgIpc) is 2.25. The molecule has 0 amide bonds. The van der Waals surface area contributed by atoms with Crippen LogP contribution in [0.4, 0.5) is 0 Å². The van der Waals surface area contributed by atoms with Crippen molar-refractivity contribution in [2.24, 2.45) is 0 Å². The predicted molar refractivity (Wildman–Crippen MR) is 69.3 cm³/mol. The zero-order chi connectivity index (χ0) is 16.0. The molecule has 0 aliphatic rings. The molecule has 0 aromatic heterocycles. The molecule has 0 radical (unpaired) electrons. The lowest BCUT2D eigenvalue weighted by molar-refractivity contribution is -0.180. The number of carboxylic acids is 2. The second kappa shape index (κ2) is 7.23. The maximum atomic E-state index is 11.8. The van der Waals surface area contributed by atoms with Crippen molar-refractivity contribution < 1.29 is 34.1 Å². The van der Waals surface area contributed by atoms with Gasteiger partial charge < -0.3 is 19.7 Å². The van der Waals surface area contributed by atoms with E-state index in [0.717, 1.165) is 13.5 Å². The minimum atomic E-state index is -2.11. The van der Waals surface area contributed by atoms with Gasteiger partial charge in [-0.15, -0.1) is 0 Å². The molecular weight excluding hydrogens is 268 g/mol. The fourth-order valence-electron chi connectivity index (χ4n) is 1.92. The predicted octanol–water partition coefficient (Wildman–Crippen LogP) is 1.44. The highest BCUT2D eigenvalue weighted by Gasteiger charge is 2.44. The SMILES string of the molecule is CCCC(C)(C)OC(=O)CC(CC(=O)O)(OC)C(=O)O. The smallest absolute Gasteiger partial charge is 0.337 e. The van der Waals surface area contributed by atoms with Crippen LogP contribution in [0.15, 0.2) is 0 Å². The van der Waals surface area contributed by atoms with Gasteiger partial charge in [-0.3, -0.25) is 9.59 Å². The molecule has 0 aromatic rings. The Bertz CT molecular complexity index is 375. The van der Waals surface area contributed by atoms with Gasteiger partial charge in [-0.25, -0.2) is 4.79 Å². The summed E-state index contributed by atoms with van der Waals surface area (Å²) in [6.07, 6.45) is -0.0606. The van der Waals surface area contributed by atoms with Crippen LogP contribution >= 0.6 is 0 Å². The normalized spacial score (nSPS) is 14.4. The first-order valence-corrected chi connectivity index (χ1v) is 6.31. The van der Waals surface area contributed by atoms with Crippen LogP contribution in [0.25, 0.3) is 0 Å². The Morgan fingerprint density at radius 2 is 1.65 bits per heavy atom. The minimum Gasteiger partial charge on any atom is -0.481 e. The Labute approximate surface area is 117 Å². The zero-order valence-electron chi connectivity index (χ0n) is 12.3.